The highest BCUT2D eigenvalue weighted by molar-refractivity contribution is 7.18. The van der Waals surface area contributed by atoms with Crippen LogP contribution in [0.3, 0.4) is 0 Å². The number of ether oxygens (including phenoxy) is 1. The number of benzene rings is 2. The third-order valence-corrected chi connectivity index (χ3v) is 7.54. The molecule has 2 aliphatic rings. The van der Waals surface area contributed by atoms with E-state index in [1.54, 1.807) is 0 Å². The van der Waals surface area contributed by atoms with Gasteiger partial charge in [0.05, 0.1) is 10.6 Å². The molecule has 158 valence electrons. The van der Waals surface area contributed by atoms with Crippen LogP contribution in [-0.2, 0) is 17.8 Å². The predicted octanol–water partition coefficient (Wildman–Crippen LogP) is 5.57. The summed E-state index contributed by atoms with van der Waals surface area (Å²) in [7, 11) is 0. The van der Waals surface area contributed by atoms with Gasteiger partial charge in [-0.15, -0.1) is 22.7 Å². The number of aromatic nitrogens is 1. The quantitative estimate of drug-likeness (QED) is 0.420. The molecule has 0 atom stereocenters. The number of thiazole rings is 1. The van der Waals surface area contributed by atoms with Gasteiger partial charge in [-0.3, -0.25) is 14.9 Å². The second-order valence-electron chi connectivity index (χ2n) is 7.66. The predicted molar refractivity (Wildman–Crippen MR) is 127 cm³/mol. The van der Waals surface area contributed by atoms with Gasteiger partial charge in [-0.25, -0.2) is 4.98 Å². The van der Waals surface area contributed by atoms with Gasteiger partial charge in [0.1, 0.15) is 12.4 Å². The fourth-order valence-electron chi connectivity index (χ4n) is 3.98. The Balaban J connectivity index is 1.22. The summed E-state index contributed by atoms with van der Waals surface area (Å²) in [5.41, 5.74) is 5.79. The molecule has 2 N–H and O–H groups in total. The van der Waals surface area contributed by atoms with Gasteiger partial charge in [-0.1, -0.05) is 18.2 Å². The number of hydrogen-bond donors (Lipinski definition) is 2. The first kappa shape index (κ1) is 19.2. The Kier molecular flexibility index (Phi) is 4.55. The van der Waals surface area contributed by atoms with Crippen molar-refractivity contribution in [2.75, 3.05) is 10.6 Å². The van der Waals surface area contributed by atoms with Crippen LogP contribution in [0, 0.1) is 0 Å². The number of hydrogen-bond acceptors (Lipinski definition) is 6. The summed E-state index contributed by atoms with van der Waals surface area (Å²) in [4.78, 5) is 30.8. The molecule has 0 bridgehead atoms. The molecular formula is C24H17N3O3S2. The average molecular weight is 460 g/mol. The molecule has 2 amide bonds. The number of nitrogens with zero attached hydrogens (tertiary/aromatic N) is 1. The lowest BCUT2D eigenvalue weighted by Crippen LogP contribution is -2.18. The number of fused-ring (bicyclic) bond motifs is 4. The number of para-hydroxylation sites is 1. The van der Waals surface area contributed by atoms with E-state index in [4.69, 9.17) is 4.74 Å². The molecule has 32 heavy (non-hydrogen) atoms. The minimum Gasteiger partial charge on any atom is -0.488 e. The molecule has 2 aliphatic heterocycles. The van der Waals surface area contributed by atoms with Crippen molar-refractivity contribution >= 4 is 45.3 Å². The van der Waals surface area contributed by atoms with E-state index in [2.05, 4.69) is 21.7 Å². The zero-order valence-corrected chi connectivity index (χ0v) is 18.4. The summed E-state index contributed by atoms with van der Waals surface area (Å²) >= 11 is 2.87. The standard InChI is InChI=1S/C24H17N3O3S2/c28-21-8-6-13-9-14(5-7-17(13)25-21)18-12-31-24(26-18)27-23(29)20-10-15-11-30-19-4-2-1-3-16(19)22(15)32-20/h1-5,7,9-10,12H,6,8,11H2,(H,25,28)(H,26,27,29). The van der Waals surface area contributed by atoms with E-state index in [1.807, 2.05) is 47.8 Å². The lowest BCUT2D eigenvalue weighted by atomic mass is 9.99. The second-order valence-corrected chi connectivity index (χ2v) is 9.57. The van der Waals surface area contributed by atoms with Gasteiger partial charge in [-0.2, -0.15) is 0 Å². The number of nitrogens with one attached hydrogen (secondary N) is 2. The molecule has 4 aromatic rings. The summed E-state index contributed by atoms with van der Waals surface area (Å²) in [6.45, 7) is 0.469. The number of thiophene rings is 1. The fraction of sp³-hybridized carbons (Fsp3) is 0.125. The molecule has 0 aliphatic carbocycles. The van der Waals surface area contributed by atoms with Crippen LogP contribution < -0.4 is 15.4 Å². The highest BCUT2D eigenvalue weighted by atomic mass is 32.1. The fourth-order valence-corrected chi connectivity index (χ4v) is 5.78. The molecule has 0 fully saturated rings. The number of anilines is 2. The number of rotatable bonds is 3. The SMILES string of the molecule is O=C1CCc2cc(-c3csc(NC(=O)c4cc5c(s4)-c4ccccc4OC5)n3)ccc2N1. The van der Waals surface area contributed by atoms with Crippen LogP contribution in [-0.4, -0.2) is 16.8 Å². The van der Waals surface area contributed by atoms with Crippen LogP contribution in [0.15, 0.2) is 53.9 Å². The Morgan fingerprint density at radius 1 is 1.09 bits per heavy atom. The van der Waals surface area contributed by atoms with E-state index in [0.29, 0.717) is 23.0 Å². The molecular weight excluding hydrogens is 442 g/mol. The van der Waals surface area contributed by atoms with Crippen LogP contribution in [0.1, 0.15) is 27.2 Å². The normalized spacial score (nSPS) is 13.9. The highest BCUT2D eigenvalue weighted by Crippen LogP contribution is 2.42. The summed E-state index contributed by atoms with van der Waals surface area (Å²) in [6, 6.07) is 15.7. The van der Waals surface area contributed by atoms with E-state index in [0.717, 1.165) is 50.7 Å². The van der Waals surface area contributed by atoms with Crippen molar-refractivity contribution in [3.05, 3.63) is 69.9 Å². The lowest BCUT2D eigenvalue weighted by Gasteiger charge is -2.17. The summed E-state index contributed by atoms with van der Waals surface area (Å²) in [5, 5.41) is 8.31. The minimum atomic E-state index is -0.170. The summed E-state index contributed by atoms with van der Waals surface area (Å²) < 4.78 is 5.80. The lowest BCUT2D eigenvalue weighted by molar-refractivity contribution is -0.116. The van der Waals surface area contributed by atoms with Gasteiger partial charge in [-0.05, 0) is 42.3 Å². The molecule has 4 heterocycles. The topological polar surface area (TPSA) is 80.3 Å². The van der Waals surface area contributed by atoms with Gasteiger partial charge in [0.25, 0.3) is 5.91 Å². The van der Waals surface area contributed by atoms with Crippen molar-refractivity contribution in [1.29, 1.82) is 0 Å². The Bertz CT molecular complexity index is 1390. The van der Waals surface area contributed by atoms with Crippen molar-refractivity contribution < 1.29 is 14.3 Å². The van der Waals surface area contributed by atoms with Crippen LogP contribution in [0.5, 0.6) is 5.75 Å². The molecule has 6 rings (SSSR count). The first-order valence-corrected chi connectivity index (χ1v) is 11.9. The van der Waals surface area contributed by atoms with E-state index in [-0.39, 0.29) is 11.8 Å². The van der Waals surface area contributed by atoms with Crippen LogP contribution in [0.2, 0.25) is 0 Å². The van der Waals surface area contributed by atoms with Crippen LogP contribution in [0.4, 0.5) is 10.8 Å². The Labute approximate surface area is 191 Å². The molecule has 0 spiro atoms. The van der Waals surface area contributed by atoms with Crippen LogP contribution in [0.25, 0.3) is 21.7 Å². The first-order chi connectivity index (χ1) is 15.6. The molecule has 0 unspecified atom stereocenters. The molecule has 2 aromatic carbocycles. The smallest absolute Gasteiger partial charge is 0.267 e. The van der Waals surface area contributed by atoms with E-state index < -0.39 is 0 Å². The maximum atomic E-state index is 12.9. The van der Waals surface area contributed by atoms with Gasteiger partial charge in [0.15, 0.2) is 5.13 Å². The van der Waals surface area contributed by atoms with Crippen molar-refractivity contribution in [2.24, 2.45) is 0 Å². The Hall–Kier alpha value is -3.49. The van der Waals surface area contributed by atoms with E-state index in [9.17, 15) is 9.59 Å². The monoisotopic (exact) mass is 459 g/mol. The molecule has 8 heteroatoms. The van der Waals surface area contributed by atoms with Crippen molar-refractivity contribution in [2.45, 2.75) is 19.4 Å². The van der Waals surface area contributed by atoms with Gasteiger partial charge in [0.2, 0.25) is 5.91 Å². The molecule has 6 nitrogen and oxygen atoms in total. The average Bonchev–Trinajstić information content (AvgIpc) is 3.46. The molecule has 0 saturated carbocycles. The van der Waals surface area contributed by atoms with Crippen molar-refractivity contribution in [3.63, 3.8) is 0 Å². The van der Waals surface area contributed by atoms with E-state index >= 15 is 0 Å². The Morgan fingerprint density at radius 2 is 2.00 bits per heavy atom. The summed E-state index contributed by atoms with van der Waals surface area (Å²) in [5.74, 6) is 0.730. The number of carbonyl (C=O) groups excluding carboxylic acids is 2. The first-order valence-electron chi connectivity index (χ1n) is 10.2. The zero-order chi connectivity index (χ0) is 21.7. The Morgan fingerprint density at radius 3 is 2.94 bits per heavy atom. The molecule has 0 radical (unpaired) electrons. The largest absolute Gasteiger partial charge is 0.488 e. The van der Waals surface area contributed by atoms with Crippen LogP contribution >= 0.6 is 22.7 Å². The van der Waals surface area contributed by atoms with Gasteiger partial charge >= 0.3 is 0 Å². The van der Waals surface area contributed by atoms with Gasteiger partial charge in [0, 0.05) is 39.1 Å². The van der Waals surface area contributed by atoms with E-state index in [1.165, 1.54) is 22.7 Å². The maximum Gasteiger partial charge on any atom is 0.267 e. The molecule has 0 saturated heterocycles. The third kappa shape index (κ3) is 3.37. The maximum absolute atomic E-state index is 12.9. The second kappa shape index (κ2) is 7.58. The minimum absolute atomic E-state index is 0.0502. The van der Waals surface area contributed by atoms with Crippen molar-refractivity contribution in [3.8, 4) is 27.4 Å². The van der Waals surface area contributed by atoms with Gasteiger partial charge < -0.3 is 10.1 Å². The number of aryl methyl sites for hydroxylation is 1. The summed E-state index contributed by atoms with van der Waals surface area (Å²) in [6.07, 6.45) is 1.22. The number of carbonyl (C=O) groups is 2. The van der Waals surface area contributed by atoms with Crippen molar-refractivity contribution in [1.82, 2.24) is 4.98 Å². The molecule has 2 aromatic heterocycles. The zero-order valence-electron chi connectivity index (χ0n) is 16.8. The third-order valence-electron chi connectivity index (χ3n) is 5.57. The number of amides is 2. The highest BCUT2D eigenvalue weighted by Gasteiger charge is 2.23.